The molecule has 0 saturated heterocycles. The van der Waals surface area contributed by atoms with Crippen LogP contribution in [-0.2, 0) is 6.54 Å². The van der Waals surface area contributed by atoms with Gasteiger partial charge in [-0.25, -0.2) is 0 Å². The van der Waals surface area contributed by atoms with Crippen molar-refractivity contribution in [2.24, 2.45) is 5.92 Å². The number of hydrogen-bond donors (Lipinski definition) is 1. The van der Waals surface area contributed by atoms with E-state index in [4.69, 9.17) is 0 Å². The van der Waals surface area contributed by atoms with Gasteiger partial charge in [-0.05, 0) is 50.9 Å². The van der Waals surface area contributed by atoms with Crippen LogP contribution in [-0.4, -0.2) is 19.1 Å². The monoisotopic (exact) mass is 273 g/mol. The fraction of sp³-hybridized carbons (Fsp3) is 0.588. The van der Waals surface area contributed by atoms with E-state index in [1.54, 1.807) is 0 Å². The first kappa shape index (κ1) is 16.5. The SMILES string of the molecule is CCN(c1ccc(CNCC(C)C)cc1C#N)C(C)C. The third kappa shape index (κ3) is 4.54. The molecule has 0 radical (unpaired) electrons. The van der Waals surface area contributed by atoms with E-state index in [9.17, 15) is 5.26 Å². The molecule has 0 amide bonds. The largest absolute Gasteiger partial charge is 0.368 e. The van der Waals surface area contributed by atoms with Gasteiger partial charge in [0.2, 0.25) is 0 Å². The predicted octanol–water partition coefficient (Wildman–Crippen LogP) is 3.54. The van der Waals surface area contributed by atoms with Crippen molar-refractivity contribution in [3.05, 3.63) is 29.3 Å². The first-order chi connectivity index (χ1) is 9.49. The Labute approximate surface area is 123 Å². The molecule has 1 aromatic rings. The fourth-order valence-electron chi connectivity index (χ4n) is 2.35. The molecule has 3 heteroatoms. The smallest absolute Gasteiger partial charge is 0.101 e. The van der Waals surface area contributed by atoms with Crippen LogP contribution >= 0.6 is 0 Å². The van der Waals surface area contributed by atoms with E-state index in [0.717, 1.165) is 30.9 Å². The van der Waals surface area contributed by atoms with Crippen molar-refractivity contribution in [3.63, 3.8) is 0 Å². The fourth-order valence-corrected chi connectivity index (χ4v) is 2.35. The molecule has 1 rings (SSSR count). The summed E-state index contributed by atoms with van der Waals surface area (Å²) in [7, 11) is 0. The molecular weight excluding hydrogens is 246 g/mol. The first-order valence-electron chi connectivity index (χ1n) is 7.50. The van der Waals surface area contributed by atoms with Gasteiger partial charge in [0, 0.05) is 19.1 Å². The van der Waals surface area contributed by atoms with E-state index in [1.807, 2.05) is 6.07 Å². The summed E-state index contributed by atoms with van der Waals surface area (Å²) < 4.78 is 0. The Hall–Kier alpha value is -1.53. The Bertz CT molecular complexity index is 458. The zero-order chi connectivity index (χ0) is 15.1. The van der Waals surface area contributed by atoms with E-state index < -0.39 is 0 Å². The number of anilines is 1. The number of nitriles is 1. The van der Waals surface area contributed by atoms with Gasteiger partial charge < -0.3 is 10.2 Å². The van der Waals surface area contributed by atoms with Gasteiger partial charge in [-0.2, -0.15) is 5.26 Å². The van der Waals surface area contributed by atoms with Crippen LogP contribution in [0.2, 0.25) is 0 Å². The van der Waals surface area contributed by atoms with Gasteiger partial charge in [0.15, 0.2) is 0 Å². The Kier molecular flexibility index (Phi) is 6.54. The minimum absolute atomic E-state index is 0.400. The van der Waals surface area contributed by atoms with Crippen molar-refractivity contribution < 1.29 is 0 Å². The zero-order valence-corrected chi connectivity index (χ0v) is 13.4. The van der Waals surface area contributed by atoms with E-state index in [1.165, 1.54) is 5.56 Å². The van der Waals surface area contributed by atoms with Crippen LogP contribution in [0.3, 0.4) is 0 Å². The maximum atomic E-state index is 9.39. The third-order valence-electron chi connectivity index (χ3n) is 3.34. The van der Waals surface area contributed by atoms with Crippen LogP contribution in [0.25, 0.3) is 0 Å². The van der Waals surface area contributed by atoms with Gasteiger partial charge in [0.25, 0.3) is 0 Å². The lowest BCUT2D eigenvalue weighted by Gasteiger charge is -2.28. The summed E-state index contributed by atoms with van der Waals surface area (Å²) in [4.78, 5) is 2.25. The molecule has 0 aliphatic carbocycles. The molecule has 0 aliphatic rings. The van der Waals surface area contributed by atoms with Crippen LogP contribution in [0.5, 0.6) is 0 Å². The van der Waals surface area contributed by atoms with Crippen LogP contribution in [0.1, 0.15) is 45.7 Å². The number of nitrogens with zero attached hydrogens (tertiary/aromatic N) is 2. The van der Waals surface area contributed by atoms with Crippen LogP contribution in [0.4, 0.5) is 5.69 Å². The van der Waals surface area contributed by atoms with Gasteiger partial charge in [0.05, 0.1) is 11.3 Å². The van der Waals surface area contributed by atoms with E-state index in [-0.39, 0.29) is 0 Å². The van der Waals surface area contributed by atoms with Crippen molar-refractivity contribution >= 4 is 5.69 Å². The maximum Gasteiger partial charge on any atom is 0.101 e. The molecule has 0 atom stereocenters. The Balaban J connectivity index is 2.88. The number of benzene rings is 1. The summed E-state index contributed by atoms with van der Waals surface area (Å²) in [5.74, 6) is 0.640. The summed E-state index contributed by atoms with van der Waals surface area (Å²) in [5, 5.41) is 12.8. The number of hydrogen-bond acceptors (Lipinski definition) is 3. The summed E-state index contributed by atoms with van der Waals surface area (Å²) in [6, 6.07) is 8.94. The third-order valence-corrected chi connectivity index (χ3v) is 3.34. The summed E-state index contributed by atoms with van der Waals surface area (Å²) in [5.41, 5.74) is 2.98. The van der Waals surface area contributed by atoms with Crippen molar-refractivity contribution in [1.29, 1.82) is 5.26 Å². The molecule has 1 aromatic carbocycles. The van der Waals surface area contributed by atoms with Crippen LogP contribution in [0, 0.1) is 17.2 Å². The molecule has 0 spiro atoms. The average molecular weight is 273 g/mol. The molecule has 0 unspecified atom stereocenters. The standard InChI is InChI=1S/C17H27N3/c1-6-20(14(4)5)17-8-7-15(9-16(17)10-18)12-19-11-13(2)3/h7-9,13-14,19H,6,11-12H2,1-5H3. The molecule has 0 bridgehead atoms. The quantitative estimate of drug-likeness (QED) is 0.826. The second-order valence-corrected chi connectivity index (χ2v) is 5.87. The van der Waals surface area contributed by atoms with Gasteiger partial charge in [-0.15, -0.1) is 0 Å². The van der Waals surface area contributed by atoms with Gasteiger partial charge in [0.1, 0.15) is 6.07 Å². The molecular formula is C17H27N3. The van der Waals surface area contributed by atoms with Crippen molar-refractivity contribution in [3.8, 4) is 6.07 Å². The lowest BCUT2D eigenvalue weighted by atomic mass is 10.1. The van der Waals surface area contributed by atoms with Crippen molar-refractivity contribution in [2.75, 3.05) is 18.0 Å². The number of rotatable bonds is 7. The first-order valence-corrected chi connectivity index (χ1v) is 7.50. The molecule has 0 fully saturated rings. The zero-order valence-electron chi connectivity index (χ0n) is 13.4. The van der Waals surface area contributed by atoms with E-state index in [0.29, 0.717) is 12.0 Å². The maximum absolute atomic E-state index is 9.39. The minimum Gasteiger partial charge on any atom is -0.368 e. The molecule has 110 valence electrons. The Morgan fingerprint density at radius 1 is 1.25 bits per heavy atom. The predicted molar refractivity (Wildman–Crippen MR) is 85.9 cm³/mol. The summed E-state index contributed by atoms with van der Waals surface area (Å²) in [6.45, 7) is 13.6. The number of nitrogens with one attached hydrogen (secondary N) is 1. The van der Waals surface area contributed by atoms with Gasteiger partial charge >= 0.3 is 0 Å². The lowest BCUT2D eigenvalue weighted by Crippen LogP contribution is -2.31. The molecule has 0 aliphatic heterocycles. The molecule has 0 saturated carbocycles. The highest BCUT2D eigenvalue weighted by molar-refractivity contribution is 5.60. The molecule has 20 heavy (non-hydrogen) atoms. The molecule has 1 N–H and O–H groups in total. The lowest BCUT2D eigenvalue weighted by molar-refractivity contribution is 0.552. The van der Waals surface area contributed by atoms with Crippen molar-refractivity contribution in [1.82, 2.24) is 5.32 Å². The second kappa shape index (κ2) is 7.91. The van der Waals surface area contributed by atoms with E-state index in [2.05, 4.69) is 63.0 Å². The Morgan fingerprint density at radius 3 is 2.45 bits per heavy atom. The second-order valence-electron chi connectivity index (χ2n) is 5.87. The topological polar surface area (TPSA) is 39.1 Å². The van der Waals surface area contributed by atoms with Crippen LogP contribution in [0.15, 0.2) is 18.2 Å². The highest BCUT2D eigenvalue weighted by atomic mass is 15.1. The summed E-state index contributed by atoms with van der Waals surface area (Å²) in [6.07, 6.45) is 0. The highest BCUT2D eigenvalue weighted by Gasteiger charge is 2.13. The van der Waals surface area contributed by atoms with Crippen LogP contribution < -0.4 is 10.2 Å². The van der Waals surface area contributed by atoms with Crippen molar-refractivity contribution in [2.45, 2.75) is 47.2 Å². The summed E-state index contributed by atoms with van der Waals surface area (Å²) >= 11 is 0. The van der Waals surface area contributed by atoms with Gasteiger partial charge in [-0.1, -0.05) is 19.9 Å². The normalized spacial score (nSPS) is 10.9. The molecule has 0 aromatic heterocycles. The molecule has 0 heterocycles. The Morgan fingerprint density at radius 2 is 1.95 bits per heavy atom. The average Bonchev–Trinajstić information content (AvgIpc) is 2.40. The highest BCUT2D eigenvalue weighted by Crippen LogP contribution is 2.23. The minimum atomic E-state index is 0.400. The molecule has 3 nitrogen and oxygen atoms in total. The van der Waals surface area contributed by atoms with E-state index >= 15 is 0 Å². The van der Waals surface area contributed by atoms with Gasteiger partial charge in [-0.3, -0.25) is 0 Å².